The van der Waals surface area contributed by atoms with Gasteiger partial charge in [0.1, 0.15) is 6.61 Å². The molecule has 0 spiro atoms. The summed E-state index contributed by atoms with van der Waals surface area (Å²) in [6, 6.07) is 0. The molecule has 2 rings (SSSR count). The van der Waals surface area contributed by atoms with Crippen molar-refractivity contribution in [2.24, 2.45) is 5.92 Å². The normalized spacial score (nSPS) is 33.1. The third-order valence-corrected chi connectivity index (χ3v) is 6.00. The van der Waals surface area contributed by atoms with E-state index in [1.807, 2.05) is 23.6 Å². The van der Waals surface area contributed by atoms with E-state index in [9.17, 15) is 9.90 Å². The average molecular weight is 315 g/mol. The molecule has 2 fully saturated rings. The summed E-state index contributed by atoms with van der Waals surface area (Å²) < 4.78 is 5.70. The minimum Gasteiger partial charge on any atom is -0.390 e. The summed E-state index contributed by atoms with van der Waals surface area (Å²) in [6.45, 7) is 5.87. The zero-order valence-corrected chi connectivity index (χ0v) is 14.1. The first-order valence-electron chi connectivity index (χ1n) is 8.29. The molecule has 4 nitrogen and oxygen atoms in total. The van der Waals surface area contributed by atoms with Crippen molar-refractivity contribution < 1.29 is 14.6 Å². The van der Waals surface area contributed by atoms with E-state index >= 15 is 0 Å². The second-order valence-corrected chi connectivity index (χ2v) is 7.81. The van der Waals surface area contributed by atoms with E-state index in [0.29, 0.717) is 11.2 Å². The van der Waals surface area contributed by atoms with E-state index in [-0.39, 0.29) is 18.6 Å². The molecule has 1 saturated carbocycles. The van der Waals surface area contributed by atoms with Crippen LogP contribution in [-0.4, -0.2) is 58.8 Å². The highest BCUT2D eigenvalue weighted by atomic mass is 32.2. The number of aliphatic hydroxyl groups is 1. The van der Waals surface area contributed by atoms with Crippen LogP contribution in [-0.2, 0) is 9.53 Å². The highest BCUT2D eigenvalue weighted by molar-refractivity contribution is 8.00. The number of amides is 1. The molecule has 1 heterocycles. The number of rotatable bonds is 6. The van der Waals surface area contributed by atoms with Gasteiger partial charge in [0.2, 0.25) is 5.91 Å². The van der Waals surface area contributed by atoms with Gasteiger partial charge < -0.3 is 14.7 Å². The van der Waals surface area contributed by atoms with Gasteiger partial charge in [-0.1, -0.05) is 6.92 Å². The summed E-state index contributed by atoms with van der Waals surface area (Å²) in [7, 11) is 0. The predicted octanol–water partition coefficient (Wildman–Crippen LogP) is 2.30. The molecule has 4 atom stereocenters. The van der Waals surface area contributed by atoms with Gasteiger partial charge in [-0.25, -0.2) is 0 Å². The lowest BCUT2D eigenvalue weighted by atomic mass is 9.86. The van der Waals surface area contributed by atoms with Gasteiger partial charge in [0, 0.05) is 18.3 Å². The zero-order chi connectivity index (χ0) is 15.2. The highest BCUT2D eigenvalue weighted by Crippen LogP contribution is 2.27. The Morgan fingerprint density at radius 2 is 2.19 bits per heavy atom. The molecule has 122 valence electrons. The van der Waals surface area contributed by atoms with Crippen LogP contribution in [0.4, 0.5) is 0 Å². The minimum absolute atomic E-state index is 0.0656. The van der Waals surface area contributed by atoms with Gasteiger partial charge in [0.05, 0.1) is 12.2 Å². The largest absolute Gasteiger partial charge is 0.390 e. The van der Waals surface area contributed by atoms with Crippen LogP contribution in [0.3, 0.4) is 0 Å². The Bertz CT molecular complexity index is 333. The number of hydrogen-bond donors (Lipinski definition) is 1. The molecule has 2 aliphatic rings. The van der Waals surface area contributed by atoms with Crippen molar-refractivity contribution in [3.63, 3.8) is 0 Å². The molecule has 0 aromatic rings. The van der Waals surface area contributed by atoms with Crippen molar-refractivity contribution in [1.29, 1.82) is 0 Å². The zero-order valence-electron chi connectivity index (χ0n) is 13.3. The molecule has 1 aliphatic heterocycles. The number of nitrogens with zero attached hydrogens (tertiary/aromatic N) is 1. The summed E-state index contributed by atoms with van der Waals surface area (Å²) in [6.07, 6.45) is 4.63. The van der Waals surface area contributed by atoms with E-state index in [2.05, 4.69) is 6.92 Å². The third-order valence-electron chi connectivity index (χ3n) is 4.62. The highest BCUT2D eigenvalue weighted by Gasteiger charge is 2.29. The summed E-state index contributed by atoms with van der Waals surface area (Å²) in [5.41, 5.74) is 0. The fourth-order valence-electron chi connectivity index (χ4n) is 3.23. The Hall–Kier alpha value is -0.260. The van der Waals surface area contributed by atoms with E-state index in [0.717, 1.165) is 32.4 Å². The number of thioether (sulfide) groups is 1. The lowest BCUT2D eigenvalue weighted by molar-refractivity contribution is -0.142. The molecular weight excluding hydrogens is 286 g/mol. The van der Waals surface area contributed by atoms with Gasteiger partial charge in [0.15, 0.2) is 0 Å². The molecule has 0 radical (unpaired) electrons. The number of carbonyl (C=O) groups is 1. The molecule has 4 unspecified atom stereocenters. The van der Waals surface area contributed by atoms with Crippen molar-refractivity contribution in [3.05, 3.63) is 0 Å². The van der Waals surface area contributed by atoms with Crippen LogP contribution in [0.5, 0.6) is 0 Å². The Morgan fingerprint density at radius 1 is 1.38 bits per heavy atom. The van der Waals surface area contributed by atoms with Gasteiger partial charge in [0.25, 0.3) is 0 Å². The number of hydrogen-bond acceptors (Lipinski definition) is 4. The molecule has 0 bridgehead atoms. The second kappa shape index (κ2) is 8.39. The SMILES string of the molecule is CCN(CC1CCCS1)C(=O)COC1CCC(C)CC1O. The Labute approximate surface area is 132 Å². The number of aliphatic hydroxyl groups excluding tert-OH is 1. The molecule has 21 heavy (non-hydrogen) atoms. The first-order chi connectivity index (χ1) is 10.1. The van der Waals surface area contributed by atoms with Crippen LogP contribution in [0, 0.1) is 5.92 Å². The third kappa shape index (κ3) is 5.15. The summed E-state index contributed by atoms with van der Waals surface area (Å²) in [5, 5.41) is 10.6. The van der Waals surface area contributed by atoms with Gasteiger partial charge in [-0.3, -0.25) is 4.79 Å². The summed E-state index contributed by atoms with van der Waals surface area (Å²) >= 11 is 1.98. The van der Waals surface area contributed by atoms with Crippen molar-refractivity contribution in [2.75, 3.05) is 25.4 Å². The Kier molecular flexibility index (Phi) is 6.83. The lowest BCUT2D eigenvalue weighted by Gasteiger charge is -2.32. The Morgan fingerprint density at radius 3 is 2.81 bits per heavy atom. The topological polar surface area (TPSA) is 49.8 Å². The Balaban J connectivity index is 1.74. The van der Waals surface area contributed by atoms with Crippen LogP contribution < -0.4 is 0 Å². The van der Waals surface area contributed by atoms with Crippen molar-refractivity contribution in [3.8, 4) is 0 Å². The maximum atomic E-state index is 12.3. The smallest absolute Gasteiger partial charge is 0.248 e. The van der Waals surface area contributed by atoms with E-state index in [4.69, 9.17) is 4.74 Å². The fourth-order valence-corrected chi connectivity index (χ4v) is 4.51. The number of ether oxygens (including phenoxy) is 1. The standard InChI is InChI=1S/C16H29NO3S/c1-3-17(10-13-5-4-8-21-13)16(19)11-20-15-7-6-12(2)9-14(15)18/h12-15,18H,3-11H2,1-2H3. The average Bonchev–Trinajstić information content (AvgIpc) is 2.96. The lowest BCUT2D eigenvalue weighted by Crippen LogP contribution is -2.41. The molecule has 1 saturated heterocycles. The van der Waals surface area contributed by atoms with E-state index < -0.39 is 6.10 Å². The van der Waals surface area contributed by atoms with Crippen LogP contribution in [0.1, 0.15) is 46.0 Å². The summed E-state index contributed by atoms with van der Waals surface area (Å²) in [5.74, 6) is 1.84. The molecule has 0 aromatic carbocycles. The monoisotopic (exact) mass is 315 g/mol. The second-order valence-electron chi connectivity index (χ2n) is 6.40. The van der Waals surface area contributed by atoms with Crippen LogP contribution >= 0.6 is 11.8 Å². The van der Waals surface area contributed by atoms with E-state index in [1.54, 1.807) is 0 Å². The van der Waals surface area contributed by atoms with Crippen molar-refractivity contribution in [1.82, 2.24) is 4.90 Å². The minimum atomic E-state index is -0.415. The molecule has 1 amide bonds. The van der Waals surface area contributed by atoms with Crippen LogP contribution in [0.15, 0.2) is 0 Å². The van der Waals surface area contributed by atoms with Crippen molar-refractivity contribution >= 4 is 17.7 Å². The fraction of sp³-hybridized carbons (Fsp3) is 0.938. The van der Waals surface area contributed by atoms with Gasteiger partial charge in [-0.05, 0) is 50.7 Å². The molecule has 0 aromatic heterocycles. The molecular formula is C16H29NO3S. The maximum Gasteiger partial charge on any atom is 0.248 e. The number of carbonyl (C=O) groups excluding carboxylic acids is 1. The maximum absolute atomic E-state index is 12.3. The first kappa shape index (κ1) is 17.1. The van der Waals surface area contributed by atoms with Crippen molar-refractivity contribution in [2.45, 2.75) is 63.4 Å². The quantitative estimate of drug-likeness (QED) is 0.817. The number of likely N-dealkylation sites (N-methyl/N-ethyl adjacent to an activating group) is 1. The van der Waals surface area contributed by atoms with Gasteiger partial charge >= 0.3 is 0 Å². The molecule has 1 aliphatic carbocycles. The predicted molar refractivity (Wildman–Crippen MR) is 86.5 cm³/mol. The van der Waals surface area contributed by atoms with Crippen LogP contribution in [0.2, 0.25) is 0 Å². The van der Waals surface area contributed by atoms with E-state index in [1.165, 1.54) is 18.6 Å². The summed E-state index contributed by atoms with van der Waals surface area (Å²) in [4.78, 5) is 14.2. The van der Waals surface area contributed by atoms with Crippen LogP contribution in [0.25, 0.3) is 0 Å². The van der Waals surface area contributed by atoms with Gasteiger partial charge in [-0.2, -0.15) is 11.8 Å². The first-order valence-corrected chi connectivity index (χ1v) is 9.34. The molecule has 5 heteroatoms. The molecule has 1 N–H and O–H groups in total. The van der Waals surface area contributed by atoms with Gasteiger partial charge in [-0.15, -0.1) is 0 Å².